The van der Waals surface area contributed by atoms with Crippen molar-refractivity contribution in [2.24, 2.45) is 11.3 Å². The van der Waals surface area contributed by atoms with E-state index in [1.807, 2.05) is 0 Å². The quantitative estimate of drug-likeness (QED) is 0.637. The van der Waals surface area contributed by atoms with E-state index in [2.05, 4.69) is 20.8 Å². The SMILES string of the molecule is CN(C)P1(=O)OCC(C(C)(C)C)CO1. The summed E-state index contributed by atoms with van der Waals surface area (Å²) in [6.45, 7) is 7.43. The molecule has 0 radical (unpaired) electrons. The third kappa shape index (κ3) is 2.57. The highest BCUT2D eigenvalue weighted by Crippen LogP contribution is 2.54. The van der Waals surface area contributed by atoms with E-state index in [0.29, 0.717) is 19.1 Å². The molecule has 84 valence electrons. The van der Waals surface area contributed by atoms with Gasteiger partial charge in [0.1, 0.15) is 0 Å². The van der Waals surface area contributed by atoms with Gasteiger partial charge in [0.15, 0.2) is 0 Å². The molecule has 1 rings (SSSR count). The summed E-state index contributed by atoms with van der Waals surface area (Å²) in [6.07, 6.45) is 0. The maximum atomic E-state index is 11.9. The molecule has 0 atom stereocenters. The van der Waals surface area contributed by atoms with Crippen LogP contribution in [0.25, 0.3) is 0 Å². The van der Waals surface area contributed by atoms with Crippen molar-refractivity contribution in [3.8, 4) is 0 Å². The van der Waals surface area contributed by atoms with Crippen LogP contribution in [0.1, 0.15) is 20.8 Å². The van der Waals surface area contributed by atoms with Crippen molar-refractivity contribution in [3.05, 3.63) is 0 Å². The van der Waals surface area contributed by atoms with Crippen LogP contribution in [0, 0.1) is 11.3 Å². The van der Waals surface area contributed by atoms with Crippen LogP contribution in [0.3, 0.4) is 0 Å². The van der Waals surface area contributed by atoms with Gasteiger partial charge in [-0.2, -0.15) is 0 Å². The summed E-state index contributed by atoms with van der Waals surface area (Å²) in [6, 6.07) is 0. The lowest BCUT2D eigenvalue weighted by molar-refractivity contribution is 0.0225. The molecule has 0 N–H and O–H groups in total. The second-order valence-corrected chi connectivity index (χ2v) is 7.22. The van der Waals surface area contributed by atoms with Crippen LogP contribution >= 0.6 is 7.75 Å². The standard InChI is InChI=1S/C9H20NO3P/c1-9(2,3)8-6-12-14(11,10(4)5)13-7-8/h8H,6-7H2,1-5H3. The highest BCUT2D eigenvalue weighted by Gasteiger charge is 2.38. The molecule has 0 unspecified atom stereocenters. The lowest BCUT2D eigenvalue weighted by atomic mass is 9.82. The van der Waals surface area contributed by atoms with E-state index in [-0.39, 0.29) is 5.41 Å². The van der Waals surface area contributed by atoms with E-state index in [1.54, 1.807) is 14.1 Å². The van der Waals surface area contributed by atoms with Crippen LogP contribution in [0.4, 0.5) is 0 Å². The van der Waals surface area contributed by atoms with E-state index in [9.17, 15) is 4.57 Å². The molecule has 0 aromatic carbocycles. The fourth-order valence-corrected chi connectivity index (χ4v) is 2.46. The molecule has 5 heteroatoms. The van der Waals surface area contributed by atoms with Crippen molar-refractivity contribution in [2.45, 2.75) is 20.8 Å². The van der Waals surface area contributed by atoms with Gasteiger partial charge in [-0.05, 0) is 19.5 Å². The first kappa shape index (κ1) is 12.2. The largest absolute Gasteiger partial charge is 0.407 e. The molecule has 0 aromatic heterocycles. The maximum absolute atomic E-state index is 11.9. The normalized spacial score (nSPS) is 34.9. The molecule has 1 aliphatic heterocycles. The van der Waals surface area contributed by atoms with E-state index in [4.69, 9.17) is 9.05 Å². The molecule has 0 aromatic rings. The predicted octanol–water partition coefficient (Wildman–Crippen LogP) is 2.37. The summed E-state index contributed by atoms with van der Waals surface area (Å²) >= 11 is 0. The van der Waals surface area contributed by atoms with Gasteiger partial charge >= 0.3 is 7.75 Å². The molecular weight excluding hydrogens is 201 g/mol. The molecule has 1 heterocycles. The highest BCUT2D eigenvalue weighted by atomic mass is 31.2. The smallest absolute Gasteiger partial charge is 0.296 e. The summed E-state index contributed by atoms with van der Waals surface area (Å²) < 4.78 is 24.1. The summed E-state index contributed by atoms with van der Waals surface area (Å²) in [4.78, 5) is 0. The Morgan fingerprint density at radius 2 is 1.64 bits per heavy atom. The fourth-order valence-electron chi connectivity index (χ4n) is 1.18. The minimum atomic E-state index is -2.96. The average Bonchev–Trinajstić information content (AvgIpc) is 2.03. The Kier molecular flexibility index (Phi) is 3.42. The first-order chi connectivity index (χ1) is 6.26. The van der Waals surface area contributed by atoms with E-state index in [0.717, 1.165) is 0 Å². The lowest BCUT2D eigenvalue weighted by Crippen LogP contribution is -2.34. The van der Waals surface area contributed by atoms with E-state index >= 15 is 0 Å². The number of hydrogen-bond donors (Lipinski definition) is 0. The monoisotopic (exact) mass is 221 g/mol. The zero-order valence-corrected chi connectivity index (χ0v) is 10.5. The third-order valence-corrected chi connectivity index (χ3v) is 4.52. The van der Waals surface area contributed by atoms with Gasteiger partial charge in [0.2, 0.25) is 0 Å². The number of rotatable bonds is 1. The lowest BCUT2D eigenvalue weighted by Gasteiger charge is -2.37. The van der Waals surface area contributed by atoms with Crippen LogP contribution in [-0.4, -0.2) is 32.0 Å². The first-order valence-electron chi connectivity index (χ1n) is 4.82. The van der Waals surface area contributed by atoms with Crippen molar-refractivity contribution >= 4 is 7.75 Å². The van der Waals surface area contributed by atoms with Crippen LogP contribution in [0.15, 0.2) is 0 Å². The molecule has 0 saturated carbocycles. The third-order valence-electron chi connectivity index (χ3n) is 2.59. The Balaban J connectivity index is 2.59. The van der Waals surface area contributed by atoms with Crippen molar-refractivity contribution in [3.63, 3.8) is 0 Å². The van der Waals surface area contributed by atoms with Gasteiger partial charge in [-0.3, -0.25) is 9.05 Å². The number of hydrogen-bond acceptors (Lipinski definition) is 3. The maximum Gasteiger partial charge on any atom is 0.407 e. The predicted molar refractivity (Wildman–Crippen MR) is 56.1 cm³/mol. The second kappa shape index (κ2) is 3.93. The summed E-state index contributed by atoms with van der Waals surface area (Å²) in [5, 5.41) is 0. The molecule has 0 bridgehead atoms. The van der Waals surface area contributed by atoms with Crippen molar-refractivity contribution < 1.29 is 13.6 Å². The molecule has 0 amide bonds. The summed E-state index contributed by atoms with van der Waals surface area (Å²) in [5.41, 5.74) is 0.136. The van der Waals surface area contributed by atoms with Crippen molar-refractivity contribution in [2.75, 3.05) is 27.3 Å². The van der Waals surface area contributed by atoms with Crippen molar-refractivity contribution in [1.82, 2.24) is 4.67 Å². The Hall–Kier alpha value is 0.110. The van der Waals surface area contributed by atoms with Gasteiger partial charge in [0, 0.05) is 5.92 Å². The van der Waals surface area contributed by atoms with Gasteiger partial charge in [0.25, 0.3) is 0 Å². The molecule has 0 spiro atoms. The minimum absolute atomic E-state index is 0.136. The fraction of sp³-hybridized carbons (Fsp3) is 1.00. The molecule has 4 nitrogen and oxygen atoms in total. The van der Waals surface area contributed by atoms with Gasteiger partial charge in [-0.1, -0.05) is 20.8 Å². The Morgan fingerprint density at radius 3 is 1.93 bits per heavy atom. The molecule has 1 saturated heterocycles. The summed E-state index contributed by atoms with van der Waals surface area (Å²) in [5.74, 6) is 0.310. The molecule has 1 aliphatic rings. The Bertz CT molecular complexity index is 235. The Labute approximate surface area is 86.2 Å². The van der Waals surface area contributed by atoms with E-state index in [1.165, 1.54) is 4.67 Å². The highest BCUT2D eigenvalue weighted by molar-refractivity contribution is 7.51. The van der Waals surface area contributed by atoms with Gasteiger partial charge in [-0.15, -0.1) is 0 Å². The first-order valence-corrected chi connectivity index (χ1v) is 6.32. The topological polar surface area (TPSA) is 38.8 Å². The Morgan fingerprint density at radius 1 is 1.21 bits per heavy atom. The molecule has 1 fully saturated rings. The van der Waals surface area contributed by atoms with Crippen LogP contribution in [0.2, 0.25) is 0 Å². The average molecular weight is 221 g/mol. The van der Waals surface area contributed by atoms with Crippen molar-refractivity contribution in [1.29, 1.82) is 0 Å². The van der Waals surface area contributed by atoms with Crippen LogP contribution in [-0.2, 0) is 13.6 Å². The zero-order chi connectivity index (χ0) is 11.0. The summed E-state index contributed by atoms with van der Waals surface area (Å²) in [7, 11) is 0.454. The van der Waals surface area contributed by atoms with Gasteiger partial charge in [0.05, 0.1) is 13.2 Å². The second-order valence-electron chi connectivity index (χ2n) is 4.97. The molecule has 0 aliphatic carbocycles. The van der Waals surface area contributed by atoms with Crippen LogP contribution in [0.5, 0.6) is 0 Å². The molecular formula is C9H20NO3P. The minimum Gasteiger partial charge on any atom is -0.296 e. The van der Waals surface area contributed by atoms with Gasteiger partial charge < -0.3 is 0 Å². The number of nitrogens with zero attached hydrogens (tertiary/aromatic N) is 1. The van der Waals surface area contributed by atoms with Gasteiger partial charge in [-0.25, -0.2) is 9.24 Å². The molecule has 14 heavy (non-hydrogen) atoms. The van der Waals surface area contributed by atoms with E-state index < -0.39 is 7.75 Å². The zero-order valence-electron chi connectivity index (χ0n) is 9.61. The van der Waals surface area contributed by atoms with Crippen LogP contribution < -0.4 is 0 Å².